The van der Waals surface area contributed by atoms with E-state index in [1.165, 1.54) is 13.0 Å². The van der Waals surface area contributed by atoms with Crippen molar-refractivity contribution in [3.05, 3.63) is 64.7 Å². The molecule has 0 radical (unpaired) electrons. The Morgan fingerprint density at radius 2 is 1.58 bits per heavy atom. The second-order valence-electron chi connectivity index (χ2n) is 5.92. The summed E-state index contributed by atoms with van der Waals surface area (Å²) in [6.07, 6.45) is 0. The van der Waals surface area contributed by atoms with E-state index >= 15 is 0 Å². The maximum atomic E-state index is 12.8. The Morgan fingerprint density at radius 3 is 2.23 bits per heavy atom. The lowest BCUT2D eigenvalue weighted by Gasteiger charge is -2.20. The number of carboxylic acid groups (broad SMARTS) is 1. The molecule has 3 N–H and O–H groups in total. The van der Waals surface area contributed by atoms with Gasteiger partial charge in [-0.05, 0) is 13.0 Å². The normalized spacial score (nSPS) is 13.6. The molecule has 0 bridgehead atoms. The smallest absolute Gasteiger partial charge is 0.320 e. The van der Waals surface area contributed by atoms with Crippen molar-refractivity contribution in [1.82, 2.24) is 5.32 Å². The van der Waals surface area contributed by atoms with E-state index in [0.717, 1.165) is 0 Å². The fraction of sp³-hybridized carbons (Fsp3) is 0.158. The fourth-order valence-corrected chi connectivity index (χ4v) is 2.78. The van der Waals surface area contributed by atoms with Crippen LogP contribution in [0.2, 0.25) is 0 Å². The second kappa shape index (κ2) is 6.89. The molecule has 1 aliphatic rings. The molecule has 2 aromatic rings. The molecule has 0 aromatic heterocycles. The highest BCUT2D eigenvalue weighted by Crippen LogP contribution is 2.31. The van der Waals surface area contributed by atoms with Crippen LogP contribution < -0.4 is 10.6 Å². The van der Waals surface area contributed by atoms with E-state index in [4.69, 9.17) is 5.11 Å². The zero-order chi connectivity index (χ0) is 18.8. The van der Waals surface area contributed by atoms with Crippen molar-refractivity contribution in [2.24, 2.45) is 0 Å². The number of fused-ring (bicyclic) bond motifs is 2. The lowest BCUT2D eigenvalue weighted by molar-refractivity contribution is -0.139. The Balaban J connectivity index is 1.88. The number of anilines is 1. The largest absolute Gasteiger partial charge is 0.480 e. The highest BCUT2D eigenvalue weighted by molar-refractivity contribution is 6.30. The third kappa shape index (κ3) is 3.12. The molecule has 0 aliphatic heterocycles. The number of aliphatic carboxylic acids is 1. The Bertz CT molecular complexity index is 935. The van der Waals surface area contributed by atoms with Crippen molar-refractivity contribution in [2.45, 2.75) is 13.0 Å². The van der Waals surface area contributed by atoms with Crippen LogP contribution in [0.25, 0.3) is 0 Å². The van der Waals surface area contributed by atoms with Crippen molar-refractivity contribution in [3.8, 4) is 0 Å². The number of rotatable bonds is 5. The first-order valence-corrected chi connectivity index (χ1v) is 7.97. The van der Waals surface area contributed by atoms with Crippen LogP contribution in [-0.2, 0) is 9.59 Å². The minimum absolute atomic E-state index is 0.149. The Hall–Kier alpha value is -3.32. The monoisotopic (exact) mass is 352 g/mol. The van der Waals surface area contributed by atoms with Gasteiger partial charge in [-0.1, -0.05) is 36.4 Å². The summed E-state index contributed by atoms with van der Waals surface area (Å²) in [4.78, 5) is 48.3. The minimum atomic E-state index is -1.08. The predicted molar refractivity (Wildman–Crippen MR) is 93.5 cm³/mol. The molecular weight excluding hydrogens is 336 g/mol. The standard InChI is InChI=1S/C19H16N2O5/c1-10(19(25)26)20-9-15(22)21-14-8-4-7-13-16(14)18(24)12-6-3-2-5-11(12)17(13)23/h2-8,10,20H,9H2,1H3,(H,21,22)(H,25,26)/t10-/m0/s1. The van der Waals surface area contributed by atoms with Crippen LogP contribution in [0.1, 0.15) is 38.8 Å². The number of amides is 1. The summed E-state index contributed by atoms with van der Waals surface area (Å²) in [5, 5.41) is 14.0. The van der Waals surface area contributed by atoms with Crippen molar-refractivity contribution in [3.63, 3.8) is 0 Å². The summed E-state index contributed by atoms with van der Waals surface area (Å²) >= 11 is 0. The third-order valence-electron chi connectivity index (χ3n) is 4.17. The molecule has 0 unspecified atom stereocenters. The number of hydrogen-bond donors (Lipinski definition) is 3. The van der Waals surface area contributed by atoms with Crippen molar-refractivity contribution < 1.29 is 24.3 Å². The molecule has 7 nitrogen and oxygen atoms in total. The van der Waals surface area contributed by atoms with Crippen molar-refractivity contribution >= 4 is 29.1 Å². The number of nitrogens with one attached hydrogen (secondary N) is 2. The first-order valence-electron chi connectivity index (χ1n) is 7.97. The number of ketones is 2. The zero-order valence-corrected chi connectivity index (χ0v) is 13.9. The third-order valence-corrected chi connectivity index (χ3v) is 4.17. The molecule has 2 aromatic carbocycles. The summed E-state index contributed by atoms with van der Waals surface area (Å²) in [5.74, 6) is -2.19. The SMILES string of the molecule is C[C@H](NCC(=O)Nc1cccc2c1C(=O)c1ccccc1C2=O)C(=O)O. The molecule has 0 saturated heterocycles. The predicted octanol–water partition coefficient (Wildman–Crippen LogP) is 1.46. The molecule has 132 valence electrons. The molecule has 0 saturated carbocycles. The van der Waals surface area contributed by atoms with Gasteiger partial charge in [0.15, 0.2) is 11.6 Å². The fourth-order valence-electron chi connectivity index (χ4n) is 2.78. The number of carbonyl (C=O) groups excluding carboxylic acids is 3. The summed E-state index contributed by atoms with van der Waals surface area (Å²) in [7, 11) is 0. The molecule has 0 spiro atoms. The Labute approximate surface area is 149 Å². The quantitative estimate of drug-likeness (QED) is 0.641. The van der Waals surface area contributed by atoms with Gasteiger partial charge in [-0.15, -0.1) is 0 Å². The molecule has 7 heteroatoms. The highest BCUT2D eigenvalue weighted by atomic mass is 16.4. The van der Waals surface area contributed by atoms with Crippen LogP contribution in [0.5, 0.6) is 0 Å². The second-order valence-corrected chi connectivity index (χ2v) is 5.92. The topological polar surface area (TPSA) is 113 Å². The van der Waals surface area contributed by atoms with Crippen LogP contribution >= 0.6 is 0 Å². The molecule has 3 rings (SSSR count). The van der Waals surface area contributed by atoms with Crippen LogP contribution in [0.15, 0.2) is 42.5 Å². The molecule has 0 heterocycles. The number of benzene rings is 2. The number of carbonyl (C=O) groups is 4. The Kier molecular flexibility index (Phi) is 4.64. The van der Waals surface area contributed by atoms with Gasteiger partial charge in [0.05, 0.1) is 17.8 Å². The van der Waals surface area contributed by atoms with Gasteiger partial charge in [0.1, 0.15) is 6.04 Å². The number of hydrogen-bond acceptors (Lipinski definition) is 5. The average Bonchev–Trinajstić information content (AvgIpc) is 2.64. The van der Waals surface area contributed by atoms with Gasteiger partial charge < -0.3 is 10.4 Å². The van der Waals surface area contributed by atoms with Crippen molar-refractivity contribution in [2.75, 3.05) is 11.9 Å². The maximum absolute atomic E-state index is 12.8. The maximum Gasteiger partial charge on any atom is 0.320 e. The molecular formula is C19H16N2O5. The van der Waals surface area contributed by atoms with Gasteiger partial charge >= 0.3 is 5.97 Å². The average molecular weight is 352 g/mol. The summed E-state index contributed by atoms with van der Waals surface area (Å²) in [6, 6.07) is 10.3. The highest BCUT2D eigenvalue weighted by Gasteiger charge is 2.31. The van der Waals surface area contributed by atoms with Crippen LogP contribution in [0.3, 0.4) is 0 Å². The summed E-state index contributed by atoms with van der Waals surface area (Å²) in [6.45, 7) is 1.18. The van der Waals surface area contributed by atoms with Crippen LogP contribution in [0.4, 0.5) is 5.69 Å². The molecule has 26 heavy (non-hydrogen) atoms. The van der Waals surface area contributed by atoms with Gasteiger partial charge in [-0.2, -0.15) is 0 Å². The van der Waals surface area contributed by atoms with Gasteiger partial charge in [0.2, 0.25) is 5.91 Å². The molecule has 1 amide bonds. The van der Waals surface area contributed by atoms with Gasteiger partial charge in [-0.25, -0.2) is 0 Å². The minimum Gasteiger partial charge on any atom is -0.480 e. The van der Waals surface area contributed by atoms with E-state index in [9.17, 15) is 19.2 Å². The van der Waals surface area contributed by atoms with E-state index < -0.39 is 17.9 Å². The first-order chi connectivity index (χ1) is 12.4. The van der Waals surface area contributed by atoms with Gasteiger partial charge in [-0.3, -0.25) is 24.5 Å². The van der Waals surface area contributed by atoms with Crippen LogP contribution in [-0.4, -0.2) is 41.1 Å². The van der Waals surface area contributed by atoms with Gasteiger partial charge in [0.25, 0.3) is 0 Å². The van der Waals surface area contributed by atoms with E-state index in [2.05, 4.69) is 10.6 Å². The number of carboxylic acids is 1. The first kappa shape index (κ1) is 17.5. The lowest BCUT2D eigenvalue weighted by atomic mass is 9.83. The summed E-state index contributed by atoms with van der Waals surface area (Å²) in [5.41, 5.74) is 1.24. The Morgan fingerprint density at radius 1 is 0.962 bits per heavy atom. The summed E-state index contributed by atoms with van der Waals surface area (Å²) < 4.78 is 0. The lowest BCUT2D eigenvalue weighted by Crippen LogP contribution is -2.39. The van der Waals surface area contributed by atoms with E-state index in [-0.39, 0.29) is 34.9 Å². The van der Waals surface area contributed by atoms with Crippen molar-refractivity contribution in [1.29, 1.82) is 0 Å². The molecule has 0 fully saturated rings. The van der Waals surface area contributed by atoms with Gasteiger partial charge in [0, 0.05) is 16.7 Å². The van der Waals surface area contributed by atoms with E-state index in [0.29, 0.717) is 11.1 Å². The van der Waals surface area contributed by atoms with E-state index in [1.807, 2.05) is 0 Å². The molecule has 1 aliphatic carbocycles. The van der Waals surface area contributed by atoms with E-state index in [1.54, 1.807) is 36.4 Å². The zero-order valence-electron chi connectivity index (χ0n) is 13.9. The molecule has 1 atom stereocenters. The van der Waals surface area contributed by atoms with Crippen LogP contribution in [0, 0.1) is 0 Å².